The molecular formula is C22H25N3O6. The van der Waals surface area contributed by atoms with E-state index in [0.29, 0.717) is 23.1 Å². The number of aryl methyl sites for hydroxylation is 1. The summed E-state index contributed by atoms with van der Waals surface area (Å²) < 4.78 is 5.54. The zero-order valence-electron chi connectivity index (χ0n) is 16.9. The van der Waals surface area contributed by atoms with Crippen LogP contribution in [-0.2, 0) is 11.3 Å². The van der Waals surface area contributed by atoms with Crippen molar-refractivity contribution >= 4 is 16.9 Å². The van der Waals surface area contributed by atoms with Crippen LogP contribution in [0.15, 0.2) is 42.5 Å². The summed E-state index contributed by atoms with van der Waals surface area (Å²) in [6.07, 6.45) is -6.47. The molecule has 0 saturated carbocycles. The smallest absolute Gasteiger partial charge is 0.251 e. The van der Waals surface area contributed by atoms with Gasteiger partial charge in [-0.2, -0.15) is 0 Å². The minimum Gasteiger partial charge on any atom is -0.394 e. The number of carbonyl (C=O) groups excluding carboxylic acids is 1. The summed E-state index contributed by atoms with van der Waals surface area (Å²) in [6.45, 7) is 1.87. The second-order valence-electron chi connectivity index (χ2n) is 7.71. The van der Waals surface area contributed by atoms with Crippen LogP contribution in [0.1, 0.15) is 33.4 Å². The van der Waals surface area contributed by atoms with Crippen molar-refractivity contribution in [3.8, 4) is 0 Å². The summed E-state index contributed by atoms with van der Waals surface area (Å²) in [7, 11) is 0. The summed E-state index contributed by atoms with van der Waals surface area (Å²) >= 11 is 0. The molecule has 9 nitrogen and oxygen atoms in total. The molecule has 1 aromatic heterocycles. The van der Waals surface area contributed by atoms with Gasteiger partial charge >= 0.3 is 0 Å². The second kappa shape index (κ2) is 8.74. The van der Waals surface area contributed by atoms with E-state index in [1.165, 1.54) is 0 Å². The first-order valence-electron chi connectivity index (χ1n) is 10.0. The number of carbonyl (C=O) groups is 1. The number of imidazole rings is 1. The molecule has 0 aliphatic carbocycles. The lowest BCUT2D eigenvalue weighted by Gasteiger charge is -2.39. The first kappa shape index (κ1) is 21.4. The maximum absolute atomic E-state index is 12.6. The molecule has 1 aliphatic rings. The SMILES string of the molecule is Cc1ccccc1CNC(=O)c1ccc2nc([C@@H]3O[C@H](CO)[C@H](O)[C@H](O)[C@H]3O)[nH]c2c1. The van der Waals surface area contributed by atoms with E-state index in [4.69, 9.17) is 4.74 Å². The Morgan fingerprint density at radius 3 is 2.65 bits per heavy atom. The third kappa shape index (κ3) is 4.18. The molecule has 3 aromatic rings. The monoisotopic (exact) mass is 427 g/mol. The molecule has 1 saturated heterocycles. The number of ether oxygens (including phenoxy) is 1. The zero-order valence-corrected chi connectivity index (χ0v) is 16.9. The average molecular weight is 427 g/mol. The second-order valence-corrected chi connectivity index (χ2v) is 7.71. The van der Waals surface area contributed by atoms with Crippen LogP contribution in [0, 0.1) is 6.92 Å². The van der Waals surface area contributed by atoms with Gasteiger partial charge in [-0.25, -0.2) is 4.98 Å². The largest absolute Gasteiger partial charge is 0.394 e. The van der Waals surface area contributed by atoms with Crippen LogP contribution in [0.4, 0.5) is 0 Å². The molecule has 1 amide bonds. The maximum Gasteiger partial charge on any atom is 0.251 e. The van der Waals surface area contributed by atoms with Gasteiger partial charge in [0.05, 0.1) is 17.6 Å². The molecule has 0 radical (unpaired) electrons. The van der Waals surface area contributed by atoms with Crippen molar-refractivity contribution in [2.75, 3.05) is 6.61 Å². The number of nitrogens with zero attached hydrogens (tertiary/aromatic N) is 1. The minimum absolute atomic E-state index is 0.226. The van der Waals surface area contributed by atoms with E-state index in [-0.39, 0.29) is 11.7 Å². The number of hydrogen-bond donors (Lipinski definition) is 6. The lowest BCUT2D eigenvalue weighted by atomic mass is 9.95. The lowest BCUT2D eigenvalue weighted by molar-refractivity contribution is -0.233. The molecule has 1 aliphatic heterocycles. The Labute approximate surface area is 178 Å². The van der Waals surface area contributed by atoms with Gasteiger partial charge in [0, 0.05) is 12.1 Å². The van der Waals surface area contributed by atoms with E-state index in [2.05, 4.69) is 15.3 Å². The molecule has 0 spiro atoms. The number of aliphatic hydroxyl groups is 4. The van der Waals surface area contributed by atoms with E-state index in [1.807, 2.05) is 31.2 Å². The van der Waals surface area contributed by atoms with Gasteiger partial charge in [0.2, 0.25) is 0 Å². The molecule has 4 rings (SSSR count). The highest BCUT2D eigenvalue weighted by Crippen LogP contribution is 2.32. The molecule has 9 heteroatoms. The predicted molar refractivity (Wildman–Crippen MR) is 111 cm³/mol. The van der Waals surface area contributed by atoms with Crippen molar-refractivity contribution in [1.29, 1.82) is 0 Å². The highest BCUT2D eigenvalue weighted by molar-refractivity contribution is 5.97. The van der Waals surface area contributed by atoms with E-state index >= 15 is 0 Å². The molecule has 2 aromatic carbocycles. The Hall–Kier alpha value is -2.82. The number of aliphatic hydroxyl groups excluding tert-OH is 4. The van der Waals surface area contributed by atoms with Crippen molar-refractivity contribution < 1.29 is 30.0 Å². The summed E-state index contributed by atoms with van der Waals surface area (Å²) in [5.74, 6) is -0.0153. The Bertz CT molecular complexity index is 1080. The molecule has 164 valence electrons. The Morgan fingerprint density at radius 2 is 1.90 bits per heavy atom. The Balaban J connectivity index is 1.53. The predicted octanol–water partition coefficient (Wildman–Crippen LogP) is 0.316. The summed E-state index contributed by atoms with van der Waals surface area (Å²) in [5.41, 5.74) is 3.65. The number of H-pyrrole nitrogens is 1. The highest BCUT2D eigenvalue weighted by Gasteiger charge is 2.45. The van der Waals surface area contributed by atoms with Gasteiger partial charge in [-0.1, -0.05) is 24.3 Å². The number of aromatic amines is 1. The van der Waals surface area contributed by atoms with Crippen molar-refractivity contribution in [2.45, 2.75) is 44.0 Å². The quantitative estimate of drug-likeness (QED) is 0.343. The number of aromatic nitrogens is 2. The number of rotatable bonds is 5. The highest BCUT2D eigenvalue weighted by atomic mass is 16.5. The summed E-state index contributed by atoms with van der Waals surface area (Å²) in [6, 6.07) is 12.8. The van der Waals surface area contributed by atoms with Crippen LogP contribution in [0.5, 0.6) is 0 Å². The van der Waals surface area contributed by atoms with Gasteiger partial charge in [0.25, 0.3) is 5.91 Å². The van der Waals surface area contributed by atoms with E-state index in [9.17, 15) is 25.2 Å². The third-order valence-electron chi connectivity index (χ3n) is 5.62. The van der Waals surface area contributed by atoms with Crippen LogP contribution < -0.4 is 5.32 Å². The van der Waals surface area contributed by atoms with E-state index in [0.717, 1.165) is 11.1 Å². The molecule has 1 fully saturated rings. The average Bonchev–Trinajstić information content (AvgIpc) is 3.20. The number of nitrogens with one attached hydrogen (secondary N) is 2. The molecule has 2 heterocycles. The fourth-order valence-corrected chi connectivity index (χ4v) is 3.72. The van der Waals surface area contributed by atoms with Gasteiger partial charge in [0.15, 0.2) is 0 Å². The van der Waals surface area contributed by atoms with E-state index < -0.39 is 37.1 Å². The zero-order chi connectivity index (χ0) is 22.1. The first-order valence-corrected chi connectivity index (χ1v) is 10.0. The van der Waals surface area contributed by atoms with Crippen LogP contribution in [0.25, 0.3) is 11.0 Å². The normalized spacial score (nSPS) is 26.2. The van der Waals surface area contributed by atoms with E-state index in [1.54, 1.807) is 18.2 Å². The number of benzene rings is 2. The van der Waals surface area contributed by atoms with Crippen molar-refractivity contribution in [3.05, 3.63) is 65.0 Å². The summed E-state index contributed by atoms with van der Waals surface area (Å²) in [4.78, 5) is 20.0. The van der Waals surface area contributed by atoms with Gasteiger partial charge in [-0.3, -0.25) is 4.79 Å². The van der Waals surface area contributed by atoms with Crippen molar-refractivity contribution in [1.82, 2.24) is 15.3 Å². The molecule has 0 unspecified atom stereocenters. The molecule has 31 heavy (non-hydrogen) atoms. The van der Waals surface area contributed by atoms with Crippen LogP contribution in [0.2, 0.25) is 0 Å². The Morgan fingerprint density at radius 1 is 1.13 bits per heavy atom. The minimum atomic E-state index is -1.49. The van der Waals surface area contributed by atoms with Gasteiger partial charge in [-0.05, 0) is 36.2 Å². The van der Waals surface area contributed by atoms with Crippen molar-refractivity contribution in [2.24, 2.45) is 0 Å². The summed E-state index contributed by atoms with van der Waals surface area (Å²) in [5, 5.41) is 42.5. The topological polar surface area (TPSA) is 148 Å². The van der Waals surface area contributed by atoms with Gasteiger partial charge in [0.1, 0.15) is 36.3 Å². The first-order chi connectivity index (χ1) is 14.9. The third-order valence-corrected chi connectivity index (χ3v) is 5.62. The Kier molecular flexibility index (Phi) is 6.03. The number of fused-ring (bicyclic) bond motifs is 1. The number of hydrogen-bond acceptors (Lipinski definition) is 7. The standard InChI is InChI=1S/C22H25N3O6/c1-11-4-2-3-5-13(11)9-23-22(30)12-6-7-14-15(8-12)25-21(24-14)20-19(29)18(28)17(27)16(10-26)31-20/h2-8,16-20,26-29H,9-10H2,1H3,(H,23,30)(H,24,25)/t16-,17+,18+,19-,20-/m1/s1. The fraction of sp³-hybridized carbons (Fsp3) is 0.364. The lowest BCUT2D eigenvalue weighted by Crippen LogP contribution is -2.55. The maximum atomic E-state index is 12.6. The van der Waals surface area contributed by atoms with Gasteiger partial charge in [-0.15, -0.1) is 0 Å². The van der Waals surface area contributed by atoms with Crippen LogP contribution in [0.3, 0.4) is 0 Å². The molecule has 0 bridgehead atoms. The number of amides is 1. The van der Waals surface area contributed by atoms with Gasteiger partial charge < -0.3 is 35.5 Å². The molecule has 6 N–H and O–H groups in total. The molecular weight excluding hydrogens is 402 g/mol. The fourth-order valence-electron chi connectivity index (χ4n) is 3.72. The molecule has 5 atom stereocenters. The van der Waals surface area contributed by atoms with Crippen molar-refractivity contribution in [3.63, 3.8) is 0 Å². The van der Waals surface area contributed by atoms with Crippen LogP contribution in [-0.4, -0.2) is 67.3 Å². The van der Waals surface area contributed by atoms with Crippen LogP contribution >= 0.6 is 0 Å².